The number of aromatic nitrogens is 2. The van der Waals surface area contributed by atoms with Gasteiger partial charge in [-0.25, -0.2) is 0 Å². The fourth-order valence-electron chi connectivity index (χ4n) is 1.73. The largest absolute Gasteiger partial charge is 0.367 e. The summed E-state index contributed by atoms with van der Waals surface area (Å²) in [5.41, 5.74) is 1.04. The normalized spacial score (nSPS) is 10.5. The van der Waals surface area contributed by atoms with Crippen LogP contribution in [0.15, 0.2) is 34.9 Å². The standard InChI is InChI=1S/C15H19N3O3/c1-2-13-17-15(21-18-13)8-9-16-14(19)11-20-10-12-6-4-3-5-7-12/h3-7H,2,8-11H2,1H3,(H,16,19). The first-order valence-corrected chi connectivity index (χ1v) is 6.97. The van der Waals surface area contributed by atoms with E-state index in [4.69, 9.17) is 9.26 Å². The van der Waals surface area contributed by atoms with Crippen molar-refractivity contribution in [3.05, 3.63) is 47.6 Å². The van der Waals surface area contributed by atoms with E-state index in [0.717, 1.165) is 12.0 Å². The third-order valence-electron chi connectivity index (χ3n) is 2.83. The second kappa shape index (κ2) is 8.16. The van der Waals surface area contributed by atoms with Gasteiger partial charge in [0.05, 0.1) is 6.61 Å². The van der Waals surface area contributed by atoms with Crippen LogP contribution in [0.2, 0.25) is 0 Å². The molecule has 1 amide bonds. The number of carbonyl (C=O) groups is 1. The number of carbonyl (C=O) groups excluding carboxylic acids is 1. The first-order valence-electron chi connectivity index (χ1n) is 6.97. The summed E-state index contributed by atoms with van der Waals surface area (Å²) in [7, 11) is 0. The molecule has 0 atom stereocenters. The lowest BCUT2D eigenvalue weighted by molar-refractivity contribution is -0.126. The Hall–Kier alpha value is -2.21. The lowest BCUT2D eigenvalue weighted by Crippen LogP contribution is -2.29. The van der Waals surface area contributed by atoms with Crippen LogP contribution in [0.25, 0.3) is 0 Å². The monoisotopic (exact) mass is 289 g/mol. The SMILES string of the molecule is CCc1noc(CCNC(=O)COCc2ccccc2)n1. The van der Waals surface area contributed by atoms with Crippen LogP contribution in [-0.2, 0) is 29.0 Å². The molecule has 0 saturated heterocycles. The Morgan fingerprint density at radius 1 is 1.33 bits per heavy atom. The number of hydrogen-bond acceptors (Lipinski definition) is 5. The van der Waals surface area contributed by atoms with E-state index >= 15 is 0 Å². The Kier molecular flexibility index (Phi) is 5.90. The quantitative estimate of drug-likeness (QED) is 0.797. The number of rotatable bonds is 8. The molecule has 0 spiro atoms. The lowest BCUT2D eigenvalue weighted by Gasteiger charge is -2.05. The van der Waals surface area contributed by atoms with E-state index in [2.05, 4.69) is 15.5 Å². The molecule has 1 aromatic carbocycles. The van der Waals surface area contributed by atoms with Gasteiger partial charge in [0.1, 0.15) is 6.61 Å². The number of benzene rings is 1. The number of ether oxygens (including phenoxy) is 1. The van der Waals surface area contributed by atoms with Crippen LogP contribution in [0, 0.1) is 0 Å². The van der Waals surface area contributed by atoms with Crippen molar-refractivity contribution in [2.45, 2.75) is 26.4 Å². The lowest BCUT2D eigenvalue weighted by atomic mass is 10.2. The van der Waals surface area contributed by atoms with E-state index in [1.807, 2.05) is 37.3 Å². The molecule has 6 nitrogen and oxygen atoms in total. The average Bonchev–Trinajstić information content (AvgIpc) is 2.96. The zero-order valence-electron chi connectivity index (χ0n) is 12.0. The minimum atomic E-state index is -0.152. The third-order valence-corrected chi connectivity index (χ3v) is 2.83. The van der Waals surface area contributed by atoms with E-state index in [-0.39, 0.29) is 12.5 Å². The van der Waals surface area contributed by atoms with Crippen LogP contribution in [0.5, 0.6) is 0 Å². The van der Waals surface area contributed by atoms with Crippen molar-refractivity contribution in [3.63, 3.8) is 0 Å². The molecule has 0 aliphatic rings. The highest BCUT2D eigenvalue weighted by Crippen LogP contribution is 2.00. The first-order chi connectivity index (χ1) is 10.3. The van der Waals surface area contributed by atoms with Gasteiger partial charge in [-0.15, -0.1) is 0 Å². The Morgan fingerprint density at radius 3 is 2.86 bits per heavy atom. The molecule has 2 rings (SSSR count). The van der Waals surface area contributed by atoms with Gasteiger partial charge in [0.25, 0.3) is 0 Å². The summed E-state index contributed by atoms with van der Waals surface area (Å²) >= 11 is 0. The number of amides is 1. The molecule has 112 valence electrons. The Bertz CT molecular complexity index is 554. The van der Waals surface area contributed by atoms with E-state index in [9.17, 15) is 4.79 Å². The highest BCUT2D eigenvalue weighted by atomic mass is 16.5. The molecule has 0 fully saturated rings. The summed E-state index contributed by atoms with van der Waals surface area (Å²) in [6, 6.07) is 9.73. The van der Waals surface area contributed by atoms with Gasteiger partial charge in [-0.1, -0.05) is 42.4 Å². The minimum Gasteiger partial charge on any atom is -0.367 e. The number of nitrogens with one attached hydrogen (secondary N) is 1. The van der Waals surface area contributed by atoms with Gasteiger partial charge in [0, 0.05) is 19.4 Å². The Balaban J connectivity index is 1.59. The molecular weight excluding hydrogens is 270 g/mol. The maximum absolute atomic E-state index is 11.6. The number of nitrogens with zero attached hydrogens (tertiary/aromatic N) is 2. The molecule has 1 heterocycles. The average molecular weight is 289 g/mol. The van der Waals surface area contributed by atoms with Crippen molar-refractivity contribution < 1.29 is 14.1 Å². The molecule has 0 aliphatic carbocycles. The van der Waals surface area contributed by atoms with Crippen molar-refractivity contribution in [1.29, 1.82) is 0 Å². The highest BCUT2D eigenvalue weighted by Gasteiger charge is 2.06. The number of aryl methyl sites for hydroxylation is 1. The molecule has 2 aromatic rings. The molecular formula is C15H19N3O3. The zero-order valence-corrected chi connectivity index (χ0v) is 12.0. The minimum absolute atomic E-state index is 0.0406. The van der Waals surface area contributed by atoms with E-state index in [1.54, 1.807) is 0 Å². The highest BCUT2D eigenvalue weighted by molar-refractivity contribution is 5.77. The maximum Gasteiger partial charge on any atom is 0.246 e. The Morgan fingerprint density at radius 2 is 2.14 bits per heavy atom. The second-order valence-electron chi connectivity index (χ2n) is 4.54. The molecule has 6 heteroatoms. The van der Waals surface area contributed by atoms with Crippen LogP contribution in [0.4, 0.5) is 0 Å². The van der Waals surface area contributed by atoms with Crippen molar-refractivity contribution in [3.8, 4) is 0 Å². The summed E-state index contributed by atoms with van der Waals surface area (Å²) in [6.45, 7) is 2.88. The van der Waals surface area contributed by atoms with E-state index < -0.39 is 0 Å². The fourth-order valence-corrected chi connectivity index (χ4v) is 1.73. The third kappa shape index (κ3) is 5.35. The smallest absolute Gasteiger partial charge is 0.246 e. The van der Waals surface area contributed by atoms with Crippen LogP contribution in [0.1, 0.15) is 24.2 Å². The van der Waals surface area contributed by atoms with Crippen molar-refractivity contribution >= 4 is 5.91 Å². The summed E-state index contributed by atoms with van der Waals surface area (Å²) in [4.78, 5) is 15.7. The van der Waals surface area contributed by atoms with Gasteiger partial charge < -0.3 is 14.6 Å². The van der Waals surface area contributed by atoms with Gasteiger partial charge in [-0.05, 0) is 5.56 Å². The number of hydrogen-bond donors (Lipinski definition) is 1. The second-order valence-corrected chi connectivity index (χ2v) is 4.54. The topological polar surface area (TPSA) is 77.2 Å². The molecule has 0 unspecified atom stereocenters. The first kappa shape index (κ1) is 15.2. The molecule has 0 aliphatic heterocycles. The van der Waals surface area contributed by atoms with E-state index in [1.165, 1.54) is 0 Å². The summed E-state index contributed by atoms with van der Waals surface area (Å²) < 4.78 is 10.4. The molecule has 0 bridgehead atoms. The maximum atomic E-state index is 11.6. The van der Waals surface area contributed by atoms with Crippen molar-refractivity contribution in [2.24, 2.45) is 0 Å². The molecule has 21 heavy (non-hydrogen) atoms. The molecule has 0 radical (unpaired) electrons. The van der Waals surface area contributed by atoms with E-state index in [0.29, 0.717) is 31.3 Å². The van der Waals surface area contributed by atoms with Crippen molar-refractivity contribution in [1.82, 2.24) is 15.5 Å². The summed E-state index contributed by atoms with van der Waals surface area (Å²) in [5.74, 6) is 1.07. The van der Waals surface area contributed by atoms with Gasteiger partial charge in [-0.3, -0.25) is 4.79 Å². The van der Waals surface area contributed by atoms with Crippen LogP contribution in [-0.4, -0.2) is 29.2 Å². The van der Waals surface area contributed by atoms with Crippen LogP contribution >= 0.6 is 0 Å². The molecule has 1 aromatic heterocycles. The zero-order chi connectivity index (χ0) is 14.9. The molecule has 1 N–H and O–H groups in total. The summed E-state index contributed by atoms with van der Waals surface area (Å²) in [5, 5.41) is 6.55. The Labute approximate surface area is 123 Å². The van der Waals surface area contributed by atoms with Crippen LogP contribution < -0.4 is 5.32 Å². The predicted octanol–water partition coefficient (Wildman–Crippen LogP) is 1.51. The predicted molar refractivity (Wildman–Crippen MR) is 76.5 cm³/mol. The van der Waals surface area contributed by atoms with Crippen LogP contribution in [0.3, 0.4) is 0 Å². The van der Waals surface area contributed by atoms with Gasteiger partial charge in [0.2, 0.25) is 11.8 Å². The van der Waals surface area contributed by atoms with Gasteiger partial charge in [-0.2, -0.15) is 4.98 Å². The van der Waals surface area contributed by atoms with Crippen molar-refractivity contribution in [2.75, 3.05) is 13.2 Å². The van der Waals surface area contributed by atoms with Gasteiger partial charge in [0.15, 0.2) is 5.82 Å². The molecule has 0 saturated carbocycles. The van der Waals surface area contributed by atoms with Gasteiger partial charge >= 0.3 is 0 Å². The summed E-state index contributed by atoms with van der Waals surface area (Å²) in [6.07, 6.45) is 1.26. The fraction of sp³-hybridized carbons (Fsp3) is 0.400.